The number of hydrogen-bond acceptors (Lipinski definition) is 7. The summed E-state index contributed by atoms with van der Waals surface area (Å²) in [5.41, 5.74) is 4.94. The summed E-state index contributed by atoms with van der Waals surface area (Å²) in [6.07, 6.45) is -1.15. The minimum absolute atomic E-state index is 0.0535. The van der Waals surface area contributed by atoms with E-state index in [1.165, 1.54) is 32.9 Å². The third-order valence-corrected chi connectivity index (χ3v) is 8.13. The molecule has 4 rings (SSSR count). The molecule has 4 atom stereocenters. The monoisotopic (exact) mass is 614 g/mol. The van der Waals surface area contributed by atoms with E-state index in [1.54, 1.807) is 12.1 Å². The molecule has 0 aromatic heterocycles. The number of carbonyl (C=O) groups is 5. The number of aromatic hydroxyl groups is 1. The Morgan fingerprint density at radius 3 is 1.89 bits per heavy atom. The van der Waals surface area contributed by atoms with E-state index in [0.29, 0.717) is 5.56 Å². The molecule has 2 amide bonds. The molecule has 0 radical (unpaired) electrons. The Hall–Kier alpha value is -4.99. The highest BCUT2D eigenvalue weighted by molar-refractivity contribution is 5.94. The maximum absolute atomic E-state index is 13.5. The zero-order chi connectivity index (χ0) is 32.7. The average molecular weight is 615 g/mol. The lowest BCUT2D eigenvalue weighted by Gasteiger charge is -2.22. The van der Waals surface area contributed by atoms with Gasteiger partial charge in [-0.05, 0) is 53.3 Å². The lowest BCUT2D eigenvalue weighted by Crippen LogP contribution is -2.46. The number of rotatable bonds is 14. The van der Waals surface area contributed by atoms with E-state index < -0.39 is 53.5 Å². The van der Waals surface area contributed by atoms with Gasteiger partial charge in [0.15, 0.2) is 11.6 Å². The molecule has 0 bridgehead atoms. The molecule has 4 N–H and O–H groups in total. The van der Waals surface area contributed by atoms with Crippen LogP contribution in [0.2, 0.25) is 0 Å². The molecule has 10 nitrogen and oxygen atoms in total. The Morgan fingerprint density at radius 1 is 0.756 bits per heavy atom. The lowest BCUT2D eigenvalue weighted by atomic mass is 9.94. The first-order valence-electron chi connectivity index (χ1n) is 14.9. The number of alkyl carbamates (subject to hydrolysis) is 1. The zero-order valence-corrected chi connectivity index (χ0v) is 25.5. The van der Waals surface area contributed by atoms with Gasteiger partial charge >= 0.3 is 12.1 Å². The smallest absolute Gasteiger partial charge is 0.407 e. The van der Waals surface area contributed by atoms with Gasteiger partial charge in [-0.15, -0.1) is 0 Å². The maximum atomic E-state index is 13.5. The number of carboxylic acids is 1. The molecule has 1 aliphatic carbocycles. The average Bonchev–Trinajstić information content (AvgIpc) is 3.34. The standard InChI is InChI=1S/C35H38N2O8/c1-20(33(41)36-22(3)31(39)17-21(2)34(42)43)16-32(40)30(18-23-12-14-24(38)15-13-23)37-35(44)45-19-29-27-10-6-4-8-25(27)26-9-5-7-11-28(26)29/h4-15,20-22,29-30,38H,16-19H2,1-3H3,(H,36,41)(H,37,44)(H,42,43)/t20-,21-,22+,30+/m1/s1. The van der Waals surface area contributed by atoms with Crippen molar-refractivity contribution in [2.24, 2.45) is 11.8 Å². The number of nitrogens with one attached hydrogen (secondary N) is 2. The van der Waals surface area contributed by atoms with Crippen LogP contribution in [0, 0.1) is 11.8 Å². The van der Waals surface area contributed by atoms with Gasteiger partial charge in [0, 0.05) is 24.7 Å². The van der Waals surface area contributed by atoms with Gasteiger partial charge in [0.05, 0.1) is 18.0 Å². The van der Waals surface area contributed by atoms with E-state index in [1.807, 2.05) is 48.5 Å². The number of amides is 2. The zero-order valence-electron chi connectivity index (χ0n) is 25.5. The third kappa shape index (κ3) is 8.35. The Labute approximate surface area is 261 Å². The number of carbonyl (C=O) groups excluding carboxylic acids is 4. The fraction of sp³-hybridized carbons (Fsp3) is 0.343. The van der Waals surface area contributed by atoms with Gasteiger partial charge in [-0.25, -0.2) is 4.79 Å². The Balaban J connectivity index is 1.40. The van der Waals surface area contributed by atoms with Crippen molar-refractivity contribution in [2.45, 2.75) is 58.0 Å². The first-order chi connectivity index (χ1) is 21.4. The van der Waals surface area contributed by atoms with Gasteiger partial charge in [0.1, 0.15) is 12.4 Å². The van der Waals surface area contributed by atoms with E-state index in [4.69, 9.17) is 9.84 Å². The van der Waals surface area contributed by atoms with E-state index >= 15 is 0 Å². The number of carboxylic acid groups (broad SMARTS) is 1. The van der Waals surface area contributed by atoms with Gasteiger partial charge in [-0.2, -0.15) is 0 Å². The number of benzene rings is 3. The molecule has 0 heterocycles. The summed E-state index contributed by atoms with van der Waals surface area (Å²) >= 11 is 0. The number of aliphatic carboxylic acids is 1. The van der Waals surface area contributed by atoms with Crippen molar-refractivity contribution < 1.29 is 38.9 Å². The van der Waals surface area contributed by atoms with Gasteiger partial charge < -0.3 is 25.6 Å². The summed E-state index contributed by atoms with van der Waals surface area (Å²) in [5, 5.41) is 24.0. The van der Waals surface area contributed by atoms with Crippen molar-refractivity contribution >= 4 is 29.5 Å². The van der Waals surface area contributed by atoms with Crippen LogP contribution in [0.15, 0.2) is 72.8 Å². The van der Waals surface area contributed by atoms with Crippen molar-refractivity contribution in [3.05, 3.63) is 89.5 Å². The quantitative estimate of drug-likeness (QED) is 0.205. The van der Waals surface area contributed by atoms with Gasteiger partial charge in [0.2, 0.25) is 5.91 Å². The van der Waals surface area contributed by atoms with Crippen LogP contribution in [0.25, 0.3) is 11.1 Å². The topological polar surface area (TPSA) is 159 Å². The molecule has 236 valence electrons. The second-order valence-corrected chi connectivity index (χ2v) is 11.6. The predicted octanol–water partition coefficient (Wildman–Crippen LogP) is 4.62. The van der Waals surface area contributed by atoms with Crippen molar-refractivity contribution in [2.75, 3.05) is 6.61 Å². The highest BCUT2D eigenvalue weighted by atomic mass is 16.5. The molecule has 3 aromatic rings. The Bertz CT molecular complexity index is 1520. The molecule has 3 aromatic carbocycles. The molecule has 10 heteroatoms. The van der Waals surface area contributed by atoms with Crippen LogP contribution < -0.4 is 10.6 Å². The second-order valence-electron chi connectivity index (χ2n) is 11.6. The van der Waals surface area contributed by atoms with Crippen LogP contribution in [0.3, 0.4) is 0 Å². The molecule has 0 spiro atoms. The molecule has 0 fully saturated rings. The summed E-state index contributed by atoms with van der Waals surface area (Å²) in [5.74, 6) is -4.34. The number of phenols is 1. The summed E-state index contributed by atoms with van der Waals surface area (Å²) in [7, 11) is 0. The molecule has 0 saturated carbocycles. The maximum Gasteiger partial charge on any atom is 0.407 e. The van der Waals surface area contributed by atoms with E-state index in [-0.39, 0.29) is 37.5 Å². The summed E-state index contributed by atoms with van der Waals surface area (Å²) in [4.78, 5) is 62.8. The van der Waals surface area contributed by atoms with Gasteiger partial charge in [-0.1, -0.05) is 74.5 Å². The minimum atomic E-state index is -1.11. The van der Waals surface area contributed by atoms with Crippen LogP contribution >= 0.6 is 0 Å². The van der Waals surface area contributed by atoms with Crippen LogP contribution in [0.4, 0.5) is 4.79 Å². The van der Waals surface area contributed by atoms with E-state index in [9.17, 15) is 29.1 Å². The van der Waals surface area contributed by atoms with Crippen LogP contribution in [-0.4, -0.2) is 58.4 Å². The fourth-order valence-electron chi connectivity index (χ4n) is 5.43. The highest BCUT2D eigenvalue weighted by Crippen LogP contribution is 2.44. The summed E-state index contributed by atoms with van der Waals surface area (Å²) in [6.45, 7) is 4.48. The van der Waals surface area contributed by atoms with Crippen molar-refractivity contribution in [3.63, 3.8) is 0 Å². The summed E-state index contributed by atoms with van der Waals surface area (Å²) < 4.78 is 5.66. The first-order valence-corrected chi connectivity index (χ1v) is 14.9. The molecule has 0 unspecified atom stereocenters. The number of Topliss-reactive ketones (excluding diaryl/α,β-unsaturated/α-hetero) is 2. The highest BCUT2D eigenvalue weighted by Gasteiger charge is 2.31. The van der Waals surface area contributed by atoms with Crippen molar-refractivity contribution in [1.82, 2.24) is 10.6 Å². The fourth-order valence-corrected chi connectivity index (χ4v) is 5.43. The molecule has 1 aliphatic rings. The third-order valence-electron chi connectivity index (χ3n) is 8.13. The molecule has 0 aliphatic heterocycles. The number of phenolic OH excluding ortho intramolecular Hbond substituents is 1. The van der Waals surface area contributed by atoms with E-state index in [0.717, 1.165) is 22.3 Å². The first kappa shape index (κ1) is 32.9. The largest absolute Gasteiger partial charge is 0.508 e. The van der Waals surface area contributed by atoms with Crippen molar-refractivity contribution in [3.8, 4) is 16.9 Å². The van der Waals surface area contributed by atoms with Gasteiger partial charge in [-0.3, -0.25) is 19.2 Å². The van der Waals surface area contributed by atoms with Gasteiger partial charge in [0.25, 0.3) is 0 Å². The number of ether oxygens (including phenoxy) is 1. The lowest BCUT2D eigenvalue weighted by molar-refractivity contribution is -0.143. The van der Waals surface area contributed by atoms with E-state index in [2.05, 4.69) is 10.6 Å². The second kappa shape index (κ2) is 14.7. The summed E-state index contributed by atoms with van der Waals surface area (Å²) in [6, 6.07) is 20.1. The SMILES string of the molecule is C[C@H](CC(=O)[C@H](C)NC(=O)[C@H](C)CC(=O)[C@H](Cc1ccc(O)cc1)NC(=O)OCC1c2ccccc2-c2ccccc21)C(=O)O. The van der Waals surface area contributed by atoms with Crippen LogP contribution in [0.1, 0.15) is 56.2 Å². The molecular formula is C35H38N2O8. The number of ketones is 2. The van der Waals surface area contributed by atoms with Crippen LogP contribution in [0.5, 0.6) is 5.75 Å². The minimum Gasteiger partial charge on any atom is -0.508 e. The Morgan fingerprint density at radius 2 is 1.31 bits per heavy atom. The molecular weight excluding hydrogens is 576 g/mol. The number of fused-ring (bicyclic) bond motifs is 3. The molecule has 45 heavy (non-hydrogen) atoms. The Kier molecular flexibility index (Phi) is 10.7. The molecule has 0 saturated heterocycles. The number of hydrogen-bond donors (Lipinski definition) is 4. The van der Waals surface area contributed by atoms with Crippen molar-refractivity contribution in [1.29, 1.82) is 0 Å². The van der Waals surface area contributed by atoms with Crippen LogP contribution in [-0.2, 0) is 30.3 Å². The normalized spacial score (nSPS) is 14.6. The predicted molar refractivity (Wildman–Crippen MR) is 167 cm³/mol.